The first-order valence-electron chi connectivity index (χ1n) is 11.7. The lowest BCUT2D eigenvalue weighted by Crippen LogP contribution is -2.37. The molecular formula is C23H28FN4O8PS. The van der Waals surface area contributed by atoms with E-state index in [-0.39, 0.29) is 11.6 Å². The molecule has 2 aromatic heterocycles. The van der Waals surface area contributed by atoms with E-state index in [1.807, 2.05) is 0 Å². The number of aliphatic hydroxyl groups excluding tert-OH is 1. The highest BCUT2D eigenvalue weighted by molar-refractivity contribution is 8.00. The Morgan fingerprint density at radius 2 is 2.11 bits per heavy atom. The number of aliphatic hydroxyl groups is 1. The average molecular weight is 571 g/mol. The third-order valence-electron chi connectivity index (χ3n) is 5.54. The highest BCUT2D eigenvalue weighted by atomic mass is 32.2. The van der Waals surface area contributed by atoms with E-state index in [1.165, 1.54) is 31.5 Å². The van der Waals surface area contributed by atoms with Gasteiger partial charge in [0.05, 0.1) is 24.2 Å². The third kappa shape index (κ3) is 6.38. The number of furan rings is 1. The maximum Gasteiger partial charge on any atom is 0.459 e. The Morgan fingerprint density at radius 1 is 1.34 bits per heavy atom. The predicted molar refractivity (Wildman–Crippen MR) is 138 cm³/mol. The zero-order valence-corrected chi connectivity index (χ0v) is 22.4. The van der Waals surface area contributed by atoms with Crippen molar-refractivity contribution in [1.29, 1.82) is 0 Å². The molecule has 3 aromatic rings. The quantitative estimate of drug-likeness (QED) is 0.241. The number of benzene rings is 1. The van der Waals surface area contributed by atoms with Crippen LogP contribution < -0.4 is 21.0 Å². The van der Waals surface area contributed by atoms with Gasteiger partial charge in [0.25, 0.3) is 0 Å². The molecule has 0 bridgehead atoms. The van der Waals surface area contributed by atoms with Crippen LogP contribution in [0.5, 0.6) is 5.75 Å². The molecule has 0 aliphatic carbocycles. The number of halogens is 1. The smallest absolute Gasteiger partial charge is 0.459 e. The lowest BCUT2D eigenvalue weighted by Gasteiger charge is -2.25. The molecule has 1 aliphatic rings. The molecule has 3 heterocycles. The summed E-state index contributed by atoms with van der Waals surface area (Å²) in [7, 11) is -4.30. The fourth-order valence-electron chi connectivity index (χ4n) is 3.70. The molecule has 4 N–H and O–H groups in total. The molecule has 2 unspecified atom stereocenters. The van der Waals surface area contributed by atoms with Crippen LogP contribution in [0.3, 0.4) is 0 Å². The second kappa shape index (κ2) is 11.5. The van der Waals surface area contributed by atoms with Crippen molar-refractivity contribution in [3.8, 4) is 5.75 Å². The zero-order valence-electron chi connectivity index (χ0n) is 20.7. The number of nitrogens with one attached hydrogen (secondary N) is 1. The fourth-order valence-corrected chi connectivity index (χ4v) is 6.73. The van der Waals surface area contributed by atoms with Crippen LogP contribution in [0.25, 0.3) is 11.0 Å². The van der Waals surface area contributed by atoms with Gasteiger partial charge in [-0.1, -0.05) is 0 Å². The van der Waals surface area contributed by atoms with Gasteiger partial charge in [-0.05, 0) is 45.0 Å². The van der Waals surface area contributed by atoms with Crippen molar-refractivity contribution in [3.63, 3.8) is 0 Å². The third-order valence-corrected chi connectivity index (χ3v) is 8.71. The van der Waals surface area contributed by atoms with Gasteiger partial charge < -0.3 is 24.5 Å². The molecule has 0 amide bonds. The van der Waals surface area contributed by atoms with Crippen LogP contribution in [0.1, 0.15) is 26.1 Å². The SMILES string of the molecule is CC(C)OC(=O)C(C)NP(=O)(OC[C@H]1S[C@@H](n2ccc(N)nc2=O)[C@@H](F)[C@@H]1O)Oc1ccc2ccoc2c1. The highest BCUT2D eigenvalue weighted by Gasteiger charge is 2.46. The first kappa shape index (κ1) is 28.1. The number of anilines is 1. The van der Waals surface area contributed by atoms with E-state index in [2.05, 4.69) is 10.1 Å². The first-order chi connectivity index (χ1) is 18.0. The van der Waals surface area contributed by atoms with Crippen LogP contribution in [-0.2, 0) is 18.6 Å². The summed E-state index contributed by atoms with van der Waals surface area (Å²) in [5.41, 5.74) is 5.19. The molecule has 38 heavy (non-hydrogen) atoms. The maximum absolute atomic E-state index is 15.0. The summed E-state index contributed by atoms with van der Waals surface area (Å²) in [4.78, 5) is 28.1. The van der Waals surface area contributed by atoms with Crippen LogP contribution >= 0.6 is 19.5 Å². The van der Waals surface area contributed by atoms with Crippen LogP contribution in [0.2, 0.25) is 0 Å². The largest absolute Gasteiger partial charge is 0.464 e. The van der Waals surface area contributed by atoms with E-state index >= 15 is 0 Å². The Morgan fingerprint density at radius 3 is 2.82 bits per heavy atom. The highest BCUT2D eigenvalue weighted by Crippen LogP contribution is 2.49. The summed E-state index contributed by atoms with van der Waals surface area (Å²) in [6.45, 7) is 4.31. The molecule has 4 rings (SSSR count). The minimum atomic E-state index is -4.30. The molecule has 1 saturated heterocycles. The van der Waals surface area contributed by atoms with Crippen LogP contribution in [-0.4, -0.2) is 56.9 Å². The fraction of sp³-hybridized carbons (Fsp3) is 0.435. The number of aromatic nitrogens is 2. The number of carbonyl (C=O) groups is 1. The van der Waals surface area contributed by atoms with Crippen molar-refractivity contribution in [2.75, 3.05) is 12.3 Å². The molecule has 1 aliphatic heterocycles. The van der Waals surface area contributed by atoms with Gasteiger partial charge in [-0.2, -0.15) is 10.1 Å². The molecule has 1 fully saturated rings. The average Bonchev–Trinajstić information content (AvgIpc) is 3.42. The molecule has 0 spiro atoms. The van der Waals surface area contributed by atoms with Gasteiger partial charge >= 0.3 is 19.4 Å². The Bertz CT molecular complexity index is 1400. The van der Waals surface area contributed by atoms with Crippen LogP contribution in [0.4, 0.5) is 10.2 Å². The summed E-state index contributed by atoms with van der Waals surface area (Å²) in [5.74, 6) is -0.594. The van der Waals surface area contributed by atoms with Gasteiger partial charge in [-0.3, -0.25) is 13.9 Å². The van der Waals surface area contributed by atoms with Gasteiger partial charge in [0.15, 0.2) is 6.17 Å². The van der Waals surface area contributed by atoms with Crippen molar-refractivity contribution in [2.45, 2.75) is 55.8 Å². The van der Waals surface area contributed by atoms with E-state index in [1.54, 1.807) is 32.0 Å². The van der Waals surface area contributed by atoms with Gasteiger partial charge in [0.1, 0.15) is 34.7 Å². The van der Waals surface area contributed by atoms with Crippen LogP contribution in [0, 0.1) is 0 Å². The lowest BCUT2D eigenvalue weighted by molar-refractivity contribution is -0.149. The number of fused-ring (bicyclic) bond motifs is 1. The van der Waals surface area contributed by atoms with Gasteiger partial charge in [-0.15, -0.1) is 11.8 Å². The maximum atomic E-state index is 15.0. The number of carbonyl (C=O) groups excluding carboxylic acids is 1. The van der Waals surface area contributed by atoms with Crippen molar-refractivity contribution < 1.29 is 37.1 Å². The normalized spacial score (nSPS) is 23.8. The number of hydrogen-bond acceptors (Lipinski definition) is 11. The number of rotatable bonds is 10. The topological polar surface area (TPSA) is 168 Å². The van der Waals surface area contributed by atoms with Crippen molar-refractivity contribution in [2.24, 2.45) is 0 Å². The number of nitrogen functional groups attached to an aromatic ring is 1. The Balaban J connectivity index is 1.52. The van der Waals surface area contributed by atoms with Crippen molar-refractivity contribution in [3.05, 3.63) is 53.3 Å². The minimum Gasteiger partial charge on any atom is -0.464 e. The Hall–Kier alpha value is -2.90. The predicted octanol–water partition coefficient (Wildman–Crippen LogP) is 3.02. The summed E-state index contributed by atoms with van der Waals surface area (Å²) >= 11 is 0.905. The molecular weight excluding hydrogens is 542 g/mol. The van der Waals surface area contributed by atoms with Crippen molar-refractivity contribution in [1.82, 2.24) is 14.6 Å². The number of nitrogens with two attached hydrogens (primary N) is 1. The van der Waals surface area contributed by atoms with E-state index in [0.717, 1.165) is 21.7 Å². The molecule has 1 aromatic carbocycles. The molecule has 15 heteroatoms. The summed E-state index contributed by atoms with van der Waals surface area (Å²) in [6.07, 6.45) is -1.06. The number of nitrogens with zero attached hydrogens (tertiary/aromatic N) is 2. The van der Waals surface area contributed by atoms with Gasteiger partial charge in [0.2, 0.25) is 0 Å². The van der Waals surface area contributed by atoms with E-state index in [9.17, 15) is 23.7 Å². The van der Waals surface area contributed by atoms with Crippen molar-refractivity contribution >= 4 is 42.3 Å². The first-order valence-corrected chi connectivity index (χ1v) is 14.2. The van der Waals surface area contributed by atoms with Crippen LogP contribution in [0.15, 0.2) is 52.0 Å². The molecule has 0 radical (unpaired) electrons. The monoisotopic (exact) mass is 570 g/mol. The van der Waals surface area contributed by atoms with Gasteiger partial charge in [0, 0.05) is 17.6 Å². The standard InChI is InChI=1S/C23H28FN4O8PS/c1-12(2)35-22(30)13(3)27-37(32,36-15-5-4-14-7-9-33-16(14)10-15)34-11-17-20(29)19(24)21(38-17)28-8-6-18(25)26-23(28)31/h4-10,12-13,17,19-21,29H,11H2,1-3H3,(H,27,32)(H2,25,26,31)/t13?,17-,19+,20-,21-,37?/m1/s1. The summed E-state index contributed by atoms with van der Waals surface area (Å²) < 4.78 is 51.6. The zero-order chi connectivity index (χ0) is 27.6. The second-order valence-corrected chi connectivity index (χ2v) is 11.9. The Kier molecular flexibility index (Phi) is 8.48. The number of thioether (sulfide) groups is 1. The molecule has 12 nitrogen and oxygen atoms in total. The Labute approximate surface area is 221 Å². The number of alkyl halides is 1. The molecule has 206 valence electrons. The number of ether oxygens (including phenoxy) is 1. The van der Waals surface area contributed by atoms with Gasteiger partial charge in [-0.25, -0.2) is 13.8 Å². The number of hydrogen-bond donors (Lipinski definition) is 3. The summed E-state index contributed by atoms with van der Waals surface area (Å²) in [6, 6.07) is 6.70. The second-order valence-electron chi connectivity index (χ2n) is 8.88. The van der Waals surface area contributed by atoms with E-state index < -0.39 is 61.1 Å². The molecule has 0 saturated carbocycles. The lowest BCUT2D eigenvalue weighted by atomic mass is 10.1. The van der Waals surface area contributed by atoms with E-state index in [0.29, 0.717) is 5.58 Å². The number of esters is 1. The van der Waals surface area contributed by atoms with E-state index in [4.69, 9.17) is 23.9 Å². The summed E-state index contributed by atoms with van der Waals surface area (Å²) in [5, 5.41) is 11.8. The molecule has 6 atom stereocenters. The minimum absolute atomic E-state index is 0.0212.